The van der Waals surface area contributed by atoms with E-state index < -0.39 is 0 Å². The van der Waals surface area contributed by atoms with E-state index in [0.717, 1.165) is 36.9 Å². The maximum Gasteiger partial charge on any atom is 0.267 e. The van der Waals surface area contributed by atoms with Gasteiger partial charge in [0.2, 0.25) is 0 Å². The smallest absolute Gasteiger partial charge is 0.267 e. The Hall–Kier alpha value is -1.66. The minimum atomic E-state index is -0.125. The molecule has 2 aliphatic heterocycles. The molecule has 0 aromatic heterocycles. The molecule has 2 fully saturated rings. The summed E-state index contributed by atoms with van der Waals surface area (Å²) in [4.78, 5) is 29.6. The van der Waals surface area contributed by atoms with Crippen molar-refractivity contribution in [3.8, 4) is 0 Å². The predicted molar refractivity (Wildman–Crippen MR) is 101 cm³/mol. The summed E-state index contributed by atoms with van der Waals surface area (Å²) in [6.45, 7) is 0. The van der Waals surface area contributed by atoms with Crippen molar-refractivity contribution in [1.82, 2.24) is 4.90 Å². The normalized spacial score (nSPS) is 25.0. The van der Waals surface area contributed by atoms with Gasteiger partial charge >= 0.3 is 0 Å². The molecule has 1 aromatic rings. The lowest BCUT2D eigenvalue weighted by Crippen LogP contribution is -2.39. The SMILES string of the molecule is CN1C(=O)C(=C2SC(=S)N(C3CCCCC3)C2=O)c2ccccc21. The van der Waals surface area contributed by atoms with Gasteiger partial charge in [-0.15, -0.1) is 0 Å². The number of nitrogens with zero attached hydrogens (tertiary/aromatic N) is 2. The van der Waals surface area contributed by atoms with Crippen LogP contribution in [-0.4, -0.2) is 34.1 Å². The van der Waals surface area contributed by atoms with Crippen molar-refractivity contribution in [1.29, 1.82) is 0 Å². The summed E-state index contributed by atoms with van der Waals surface area (Å²) >= 11 is 6.77. The standard InChI is InChI=1S/C18H18N2O2S2/c1-19-13-10-6-5-9-12(13)14(16(19)21)15-17(22)20(18(23)24-15)11-7-3-2-4-8-11/h5-6,9-11H,2-4,7-8H2,1H3. The molecule has 1 aliphatic carbocycles. The zero-order chi connectivity index (χ0) is 16.8. The highest BCUT2D eigenvalue weighted by Crippen LogP contribution is 2.45. The predicted octanol–water partition coefficient (Wildman–Crippen LogP) is 3.57. The number of carbonyl (C=O) groups is 2. The second kappa shape index (κ2) is 6.01. The molecule has 4 rings (SSSR count). The molecular formula is C18H18N2O2S2. The Morgan fingerprint density at radius 1 is 1.08 bits per heavy atom. The van der Waals surface area contributed by atoms with Gasteiger partial charge in [-0.3, -0.25) is 14.5 Å². The molecule has 0 bridgehead atoms. The van der Waals surface area contributed by atoms with Gasteiger partial charge in [0, 0.05) is 18.7 Å². The number of likely N-dealkylation sites (N-methyl/N-ethyl adjacent to an activating group) is 1. The third kappa shape index (κ3) is 2.31. The van der Waals surface area contributed by atoms with Crippen molar-refractivity contribution in [3.05, 3.63) is 34.7 Å². The fraction of sp³-hybridized carbons (Fsp3) is 0.389. The second-order valence-corrected chi connectivity index (χ2v) is 8.06. The zero-order valence-electron chi connectivity index (χ0n) is 13.4. The van der Waals surface area contributed by atoms with Crippen molar-refractivity contribution < 1.29 is 9.59 Å². The summed E-state index contributed by atoms with van der Waals surface area (Å²) in [5.41, 5.74) is 2.18. The first-order valence-corrected chi connectivity index (χ1v) is 9.49. The van der Waals surface area contributed by atoms with Crippen LogP contribution in [-0.2, 0) is 9.59 Å². The summed E-state index contributed by atoms with van der Waals surface area (Å²) in [6.07, 6.45) is 5.50. The quantitative estimate of drug-likeness (QED) is 0.568. The first-order valence-electron chi connectivity index (χ1n) is 8.26. The van der Waals surface area contributed by atoms with Crippen LogP contribution in [0.25, 0.3) is 5.57 Å². The van der Waals surface area contributed by atoms with Crippen molar-refractivity contribution >= 4 is 51.4 Å². The van der Waals surface area contributed by atoms with E-state index in [1.807, 2.05) is 24.3 Å². The van der Waals surface area contributed by atoms with Crippen molar-refractivity contribution in [3.63, 3.8) is 0 Å². The Balaban J connectivity index is 1.77. The minimum absolute atomic E-state index is 0.0923. The number of para-hydroxylation sites is 1. The molecule has 2 heterocycles. The van der Waals surface area contributed by atoms with Crippen LogP contribution in [0.15, 0.2) is 29.2 Å². The third-order valence-electron chi connectivity index (χ3n) is 5.02. The number of hydrogen-bond acceptors (Lipinski definition) is 4. The van der Waals surface area contributed by atoms with Crippen molar-refractivity contribution in [2.24, 2.45) is 0 Å². The second-order valence-electron chi connectivity index (χ2n) is 6.42. The van der Waals surface area contributed by atoms with Gasteiger partial charge < -0.3 is 4.90 Å². The van der Waals surface area contributed by atoms with Gasteiger partial charge in [-0.2, -0.15) is 0 Å². The van der Waals surface area contributed by atoms with Crippen LogP contribution in [0, 0.1) is 0 Å². The maximum atomic E-state index is 13.1. The van der Waals surface area contributed by atoms with Crippen LogP contribution in [0.5, 0.6) is 0 Å². The summed E-state index contributed by atoms with van der Waals surface area (Å²) in [7, 11) is 1.75. The number of amides is 2. The number of anilines is 1. The molecule has 0 spiro atoms. The zero-order valence-corrected chi connectivity index (χ0v) is 15.1. The number of thioether (sulfide) groups is 1. The fourth-order valence-corrected chi connectivity index (χ4v) is 5.25. The Labute approximate surface area is 150 Å². The van der Waals surface area contributed by atoms with Gasteiger partial charge in [0.1, 0.15) is 4.32 Å². The molecule has 24 heavy (non-hydrogen) atoms. The average molecular weight is 358 g/mol. The number of benzene rings is 1. The Bertz CT molecular complexity index is 781. The monoisotopic (exact) mass is 358 g/mol. The number of fused-ring (bicyclic) bond motifs is 1. The van der Waals surface area contributed by atoms with Crippen molar-refractivity contribution in [2.45, 2.75) is 38.1 Å². The highest BCUT2D eigenvalue weighted by Gasteiger charge is 2.43. The van der Waals surface area contributed by atoms with E-state index in [1.54, 1.807) is 16.8 Å². The van der Waals surface area contributed by atoms with Gasteiger partial charge in [-0.05, 0) is 18.9 Å². The number of rotatable bonds is 1. The van der Waals surface area contributed by atoms with E-state index >= 15 is 0 Å². The van der Waals surface area contributed by atoms with Crippen LogP contribution in [0.1, 0.15) is 37.7 Å². The van der Waals surface area contributed by atoms with Crippen LogP contribution in [0.2, 0.25) is 0 Å². The molecule has 124 valence electrons. The van der Waals surface area contributed by atoms with Crippen LogP contribution >= 0.6 is 24.0 Å². The first-order chi connectivity index (χ1) is 11.6. The van der Waals surface area contributed by atoms with E-state index in [2.05, 4.69) is 0 Å². The van der Waals surface area contributed by atoms with E-state index in [0.29, 0.717) is 14.8 Å². The Kier molecular flexibility index (Phi) is 3.96. The summed E-state index contributed by atoms with van der Waals surface area (Å²) in [5.74, 6) is -0.217. The molecule has 1 aromatic carbocycles. The van der Waals surface area contributed by atoms with E-state index in [1.165, 1.54) is 18.2 Å². The van der Waals surface area contributed by atoms with Crippen LogP contribution in [0.3, 0.4) is 0 Å². The number of hydrogen-bond donors (Lipinski definition) is 0. The molecule has 4 nitrogen and oxygen atoms in total. The van der Waals surface area contributed by atoms with Crippen LogP contribution in [0.4, 0.5) is 5.69 Å². The highest BCUT2D eigenvalue weighted by atomic mass is 32.2. The largest absolute Gasteiger partial charge is 0.311 e. The van der Waals surface area contributed by atoms with Gasteiger partial charge in [0.25, 0.3) is 11.8 Å². The molecular weight excluding hydrogens is 340 g/mol. The van der Waals surface area contributed by atoms with Crippen molar-refractivity contribution in [2.75, 3.05) is 11.9 Å². The molecule has 0 N–H and O–H groups in total. The lowest BCUT2D eigenvalue weighted by atomic mass is 9.94. The van der Waals surface area contributed by atoms with Gasteiger partial charge in [0.05, 0.1) is 16.2 Å². The van der Waals surface area contributed by atoms with Gasteiger partial charge in [-0.1, -0.05) is 61.4 Å². The molecule has 6 heteroatoms. The fourth-order valence-electron chi connectivity index (χ4n) is 3.77. The Morgan fingerprint density at radius 2 is 1.79 bits per heavy atom. The summed E-state index contributed by atoms with van der Waals surface area (Å²) in [6, 6.07) is 7.79. The number of thiocarbonyl (C=S) groups is 1. The minimum Gasteiger partial charge on any atom is -0.311 e. The molecule has 1 saturated carbocycles. The summed E-state index contributed by atoms with van der Waals surface area (Å²) in [5, 5.41) is 0. The van der Waals surface area contributed by atoms with E-state index in [9.17, 15) is 9.59 Å². The lowest BCUT2D eigenvalue weighted by Gasteiger charge is -2.29. The van der Waals surface area contributed by atoms with Gasteiger partial charge in [0.15, 0.2) is 0 Å². The third-order valence-corrected chi connectivity index (χ3v) is 6.42. The van der Waals surface area contributed by atoms with E-state index in [-0.39, 0.29) is 17.9 Å². The van der Waals surface area contributed by atoms with Gasteiger partial charge in [-0.25, -0.2) is 0 Å². The topological polar surface area (TPSA) is 40.6 Å². The molecule has 0 radical (unpaired) electrons. The lowest BCUT2D eigenvalue weighted by molar-refractivity contribution is -0.124. The maximum absolute atomic E-state index is 13.1. The first kappa shape index (κ1) is 15.8. The molecule has 0 atom stereocenters. The number of carbonyl (C=O) groups excluding carboxylic acids is 2. The molecule has 1 saturated heterocycles. The molecule has 0 unspecified atom stereocenters. The molecule has 2 amide bonds. The van der Waals surface area contributed by atoms with Crippen LogP contribution < -0.4 is 4.90 Å². The average Bonchev–Trinajstić information content (AvgIpc) is 3.03. The van der Waals surface area contributed by atoms with E-state index in [4.69, 9.17) is 12.2 Å². The Morgan fingerprint density at radius 3 is 2.54 bits per heavy atom. The molecule has 3 aliphatic rings. The summed E-state index contributed by atoms with van der Waals surface area (Å²) < 4.78 is 0.592. The highest BCUT2D eigenvalue weighted by molar-refractivity contribution is 8.26.